The van der Waals surface area contributed by atoms with E-state index < -0.39 is 16.5 Å². The third kappa shape index (κ3) is 8.84. The summed E-state index contributed by atoms with van der Waals surface area (Å²) in [6.45, 7) is 29.2. The zero-order valence-corrected chi connectivity index (χ0v) is 28.2. The number of anilines is 1. The molecule has 2 aromatic rings. The smallest absolute Gasteiger partial charge is 0.211 e. The van der Waals surface area contributed by atoms with Gasteiger partial charge in [-0.2, -0.15) is 4.98 Å². The standard InChI is InChI=1S/C30H57N5Si2/c1-22(2)16-36(17-23(3)4,18-24(5)6)35(30-33-15-28-29(34-30)32-14-13-31-28)37(19-25(7)8,20-26(9)10)21-27(11)12/h13-15,22-27H,16-21H2,1-12H3. The van der Waals surface area contributed by atoms with Gasteiger partial charge in [-0.1, -0.05) is 83.1 Å². The number of rotatable bonds is 15. The molecule has 5 nitrogen and oxygen atoms in total. The van der Waals surface area contributed by atoms with Gasteiger partial charge in [0.05, 0.1) is 6.20 Å². The van der Waals surface area contributed by atoms with Gasteiger partial charge in [0.25, 0.3) is 0 Å². The van der Waals surface area contributed by atoms with Crippen LogP contribution < -0.4 is 4.23 Å². The fourth-order valence-corrected chi connectivity index (χ4v) is 25.4. The zero-order chi connectivity index (χ0) is 28.0. The average Bonchev–Trinajstić information content (AvgIpc) is 2.70. The van der Waals surface area contributed by atoms with Crippen molar-refractivity contribution < 1.29 is 0 Å². The first-order chi connectivity index (χ1) is 17.2. The molecule has 210 valence electrons. The second kappa shape index (κ2) is 13.6. The van der Waals surface area contributed by atoms with Crippen LogP contribution in [-0.2, 0) is 0 Å². The molecular formula is C30H57N5Si2. The monoisotopic (exact) mass is 543 g/mol. The minimum absolute atomic E-state index is 0.649. The molecule has 0 spiro atoms. The molecular weight excluding hydrogens is 487 g/mol. The van der Waals surface area contributed by atoms with Gasteiger partial charge >= 0.3 is 0 Å². The van der Waals surface area contributed by atoms with Crippen LogP contribution in [0.1, 0.15) is 83.1 Å². The minimum atomic E-state index is -2.06. The molecule has 0 saturated carbocycles. The highest BCUT2D eigenvalue weighted by Crippen LogP contribution is 2.46. The van der Waals surface area contributed by atoms with Crippen LogP contribution in [-0.4, -0.2) is 36.4 Å². The van der Waals surface area contributed by atoms with Gasteiger partial charge in [0.2, 0.25) is 5.95 Å². The predicted octanol–water partition coefficient (Wildman–Crippen LogP) is 9.05. The van der Waals surface area contributed by atoms with E-state index in [1.54, 1.807) is 12.4 Å². The van der Waals surface area contributed by atoms with Crippen molar-refractivity contribution in [2.45, 2.75) is 119 Å². The summed E-state index contributed by atoms with van der Waals surface area (Å²) in [7, 11) is -4.11. The zero-order valence-electron chi connectivity index (χ0n) is 26.2. The van der Waals surface area contributed by atoms with Gasteiger partial charge in [-0.25, -0.2) is 15.0 Å². The Labute approximate surface area is 230 Å². The van der Waals surface area contributed by atoms with Crippen LogP contribution in [0.5, 0.6) is 0 Å². The molecule has 37 heavy (non-hydrogen) atoms. The van der Waals surface area contributed by atoms with Crippen molar-refractivity contribution in [2.24, 2.45) is 35.5 Å². The van der Waals surface area contributed by atoms with Crippen molar-refractivity contribution in [3.8, 4) is 0 Å². The van der Waals surface area contributed by atoms with Gasteiger partial charge in [-0.05, 0) is 71.8 Å². The first-order valence-corrected chi connectivity index (χ1v) is 20.1. The molecule has 0 bridgehead atoms. The van der Waals surface area contributed by atoms with E-state index in [0.717, 1.165) is 17.1 Å². The fraction of sp³-hybridized carbons (Fsp3) is 0.800. The van der Waals surface area contributed by atoms with Crippen LogP contribution in [0.2, 0.25) is 36.3 Å². The quantitative estimate of drug-likeness (QED) is 0.210. The number of fused-ring (bicyclic) bond motifs is 1. The van der Waals surface area contributed by atoms with Crippen molar-refractivity contribution >= 4 is 33.6 Å². The largest absolute Gasteiger partial charge is 0.393 e. The Balaban J connectivity index is 3.03. The van der Waals surface area contributed by atoms with Crippen molar-refractivity contribution in [3.63, 3.8) is 0 Å². The van der Waals surface area contributed by atoms with Gasteiger partial charge in [0.1, 0.15) is 5.52 Å². The summed E-state index contributed by atoms with van der Waals surface area (Å²) in [6.07, 6.45) is 5.45. The number of aromatic nitrogens is 4. The molecule has 2 rings (SSSR count). The third-order valence-corrected chi connectivity index (χ3v) is 21.7. The van der Waals surface area contributed by atoms with Crippen LogP contribution in [0, 0.1) is 35.5 Å². The maximum absolute atomic E-state index is 5.26. The van der Waals surface area contributed by atoms with E-state index in [2.05, 4.69) is 97.3 Å². The van der Waals surface area contributed by atoms with Gasteiger partial charge in [0, 0.05) is 12.4 Å². The van der Waals surface area contributed by atoms with Gasteiger partial charge in [-0.15, -0.1) is 0 Å². The lowest BCUT2D eigenvalue weighted by Crippen LogP contribution is -2.70. The van der Waals surface area contributed by atoms with Gasteiger partial charge < -0.3 is 4.23 Å². The van der Waals surface area contributed by atoms with Crippen molar-refractivity contribution in [2.75, 3.05) is 4.23 Å². The summed E-state index contributed by atoms with van der Waals surface area (Å²) < 4.78 is 3.06. The molecule has 0 aromatic carbocycles. The molecule has 0 aliphatic rings. The van der Waals surface area contributed by atoms with E-state index in [0.29, 0.717) is 35.5 Å². The Bertz CT molecular complexity index is 867. The first kappa shape index (κ1) is 31.9. The summed E-state index contributed by atoms with van der Waals surface area (Å²) in [6, 6.07) is 7.80. The third-order valence-electron chi connectivity index (χ3n) is 7.09. The number of nitrogens with zero attached hydrogens (tertiary/aromatic N) is 5. The molecule has 0 unspecified atom stereocenters. The van der Waals surface area contributed by atoms with Crippen LogP contribution in [0.3, 0.4) is 0 Å². The summed E-state index contributed by atoms with van der Waals surface area (Å²) in [5.41, 5.74) is 1.53. The number of hydrogen-bond acceptors (Lipinski definition) is 5. The van der Waals surface area contributed by atoms with Gasteiger partial charge in [-0.3, -0.25) is 0 Å². The first-order valence-electron chi connectivity index (χ1n) is 14.9. The molecule has 0 radical (unpaired) electrons. The van der Waals surface area contributed by atoms with Gasteiger partial charge in [0.15, 0.2) is 22.1 Å². The van der Waals surface area contributed by atoms with E-state index in [9.17, 15) is 0 Å². The Morgan fingerprint density at radius 1 is 0.541 bits per heavy atom. The predicted molar refractivity (Wildman–Crippen MR) is 167 cm³/mol. The lowest BCUT2D eigenvalue weighted by atomic mass is 10.2. The Morgan fingerprint density at radius 2 is 0.892 bits per heavy atom. The lowest BCUT2D eigenvalue weighted by Gasteiger charge is -2.56. The molecule has 7 heteroatoms. The van der Waals surface area contributed by atoms with Crippen LogP contribution >= 0.6 is 0 Å². The summed E-state index contributed by atoms with van der Waals surface area (Å²) in [5, 5.41) is 0. The highest BCUT2D eigenvalue weighted by molar-refractivity contribution is 7.02. The molecule has 0 atom stereocenters. The lowest BCUT2D eigenvalue weighted by molar-refractivity contribution is 0.621. The van der Waals surface area contributed by atoms with E-state index in [1.165, 1.54) is 36.3 Å². The van der Waals surface area contributed by atoms with Crippen molar-refractivity contribution in [1.82, 2.24) is 19.9 Å². The van der Waals surface area contributed by atoms with Crippen molar-refractivity contribution in [1.29, 1.82) is 0 Å². The van der Waals surface area contributed by atoms with Crippen LogP contribution in [0.15, 0.2) is 18.6 Å². The fourth-order valence-electron chi connectivity index (χ4n) is 7.40. The maximum atomic E-state index is 5.26. The molecule has 0 amide bonds. The van der Waals surface area contributed by atoms with E-state index in [4.69, 9.17) is 9.97 Å². The minimum Gasteiger partial charge on any atom is -0.393 e. The molecule has 2 heterocycles. The summed E-state index contributed by atoms with van der Waals surface area (Å²) in [4.78, 5) is 19.6. The van der Waals surface area contributed by atoms with E-state index >= 15 is 0 Å². The molecule has 0 N–H and O–H groups in total. The second-order valence-corrected chi connectivity index (χ2v) is 23.0. The molecule has 0 fully saturated rings. The molecule has 0 saturated heterocycles. The summed E-state index contributed by atoms with van der Waals surface area (Å²) >= 11 is 0. The maximum Gasteiger partial charge on any atom is 0.211 e. The second-order valence-electron chi connectivity index (χ2n) is 14.3. The van der Waals surface area contributed by atoms with Crippen LogP contribution in [0.4, 0.5) is 5.95 Å². The Kier molecular flexibility index (Phi) is 11.7. The SMILES string of the molecule is CC(C)C[Si](CC(C)C)(CC(C)C)N(c1ncc2nccnc2n1)[Si](CC(C)C)(CC(C)C)CC(C)C. The Morgan fingerprint density at radius 3 is 1.24 bits per heavy atom. The number of hydrogen-bond donors (Lipinski definition) is 0. The van der Waals surface area contributed by atoms with Crippen molar-refractivity contribution in [3.05, 3.63) is 18.6 Å². The molecule has 0 aliphatic carbocycles. The van der Waals surface area contributed by atoms with E-state index in [-0.39, 0.29) is 0 Å². The average molecular weight is 544 g/mol. The molecule has 2 aromatic heterocycles. The van der Waals surface area contributed by atoms with Crippen LogP contribution in [0.25, 0.3) is 11.2 Å². The Hall–Kier alpha value is -1.35. The normalized spacial score (nSPS) is 13.4. The topological polar surface area (TPSA) is 54.8 Å². The van der Waals surface area contributed by atoms with E-state index in [1.807, 2.05) is 6.20 Å². The molecule has 0 aliphatic heterocycles. The summed E-state index contributed by atoms with van der Waals surface area (Å²) in [5.74, 6) is 4.86. The highest BCUT2D eigenvalue weighted by atomic mass is 28.4. The highest BCUT2D eigenvalue weighted by Gasteiger charge is 2.53.